The van der Waals surface area contributed by atoms with Gasteiger partial charge in [-0.05, 0) is 12.2 Å². The lowest BCUT2D eigenvalue weighted by Gasteiger charge is -1.94. The molecule has 0 saturated carbocycles. The fraction of sp³-hybridized carbons (Fsp3) is 0.286. The van der Waals surface area contributed by atoms with Gasteiger partial charge >= 0.3 is 0 Å². The van der Waals surface area contributed by atoms with Crippen LogP contribution in [-0.2, 0) is 0 Å². The first-order valence-corrected chi connectivity index (χ1v) is 2.77. The number of nitrogens with zero attached hydrogens (tertiary/aromatic N) is 1. The Balaban J connectivity index is 3.90. The molecular weight excluding hydrogens is 112 g/mol. The molecule has 0 bridgehead atoms. The molecule has 0 saturated heterocycles. The van der Waals surface area contributed by atoms with E-state index in [0.29, 0.717) is 0 Å². The Kier molecular flexibility index (Phi) is 4.50. The minimum absolute atomic E-state index is 0.973. The van der Waals surface area contributed by atoms with Crippen molar-refractivity contribution in [1.82, 2.24) is 5.32 Å². The van der Waals surface area contributed by atoms with Gasteiger partial charge in [-0.2, -0.15) is 0 Å². The number of aliphatic imine (C=N–C) groups is 1. The van der Waals surface area contributed by atoms with Crippen molar-refractivity contribution < 1.29 is 0 Å². The molecule has 0 heterocycles. The highest BCUT2D eigenvalue weighted by atomic mass is 14.8. The molecule has 0 aromatic heterocycles. The van der Waals surface area contributed by atoms with Crippen LogP contribution in [0, 0.1) is 0 Å². The molecule has 0 aliphatic carbocycles. The third kappa shape index (κ3) is 3.53. The van der Waals surface area contributed by atoms with Crippen molar-refractivity contribution in [2.75, 3.05) is 14.1 Å². The molecule has 0 aromatic carbocycles. The minimum atomic E-state index is 0.973. The molecule has 0 unspecified atom stereocenters. The van der Waals surface area contributed by atoms with E-state index in [-0.39, 0.29) is 0 Å². The standard InChI is InChI=1S/C7H12N2/c1-4-7(9-3)5-6-8-2/h4-6,9H,1H2,2-3H3/b7-5+,8-6?. The van der Waals surface area contributed by atoms with E-state index in [1.165, 1.54) is 0 Å². The fourth-order valence-corrected chi connectivity index (χ4v) is 0.408. The molecule has 0 amide bonds. The van der Waals surface area contributed by atoms with Crippen molar-refractivity contribution in [1.29, 1.82) is 0 Å². The van der Waals surface area contributed by atoms with Crippen molar-refractivity contribution in [3.8, 4) is 0 Å². The molecule has 0 aliphatic heterocycles. The molecule has 0 rings (SSSR count). The second-order valence-electron chi connectivity index (χ2n) is 1.48. The maximum absolute atomic E-state index is 3.78. The summed E-state index contributed by atoms with van der Waals surface area (Å²) in [6.45, 7) is 3.59. The first-order chi connectivity index (χ1) is 4.35. The lowest BCUT2D eigenvalue weighted by Crippen LogP contribution is -2.02. The SMILES string of the molecule is C=C/C(=C\C=NC)NC. The first kappa shape index (κ1) is 7.95. The van der Waals surface area contributed by atoms with Crippen LogP contribution in [0.5, 0.6) is 0 Å². The highest BCUT2D eigenvalue weighted by Gasteiger charge is 1.77. The highest BCUT2D eigenvalue weighted by Crippen LogP contribution is 1.84. The van der Waals surface area contributed by atoms with Gasteiger partial charge in [0, 0.05) is 26.0 Å². The van der Waals surface area contributed by atoms with Crippen molar-refractivity contribution in [3.05, 3.63) is 24.4 Å². The quantitative estimate of drug-likeness (QED) is 0.440. The summed E-state index contributed by atoms with van der Waals surface area (Å²) in [5.74, 6) is 0. The zero-order valence-electron chi connectivity index (χ0n) is 5.89. The van der Waals surface area contributed by atoms with E-state index < -0.39 is 0 Å². The topological polar surface area (TPSA) is 24.4 Å². The van der Waals surface area contributed by atoms with Gasteiger partial charge in [0.25, 0.3) is 0 Å². The van der Waals surface area contributed by atoms with Gasteiger partial charge in [-0.15, -0.1) is 0 Å². The van der Waals surface area contributed by atoms with Crippen molar-refractivity contribution in [2.45, 2.75) is 0 Å². The second-order valence-corrected chi connectivity index (χ2v) is 1.48. The summed E-state index contributed by atoms with van der Waals surface area (Å²) in [4.78, 5) is 3.78. The second kappa shape index (κ2) is 5.09. The van der Waals surface area contributed by atoms with Crippen LogP contribution in [0.1, 0.15) is 0 Å². The van der Waals surface area contributed by atoms with Crippen molar-refractivity contribution in [2.24, 2.45) is 4.99 Å². The molecule has 1 N–H and O–H groups in total. The normalized spacial score (nSPS) is 12.0. The number of hydrogen-bond acceptors (Lipinski definition) is 2. The zero-order valence-corrected chi connectivity index (χ0v) is 5.89. The molecule has 0 atom stereocenters. The third-order valence-electron chi connectivity index (χ3n) is 0.912. The number of allylic oxidation sites excluding steroid dienone is 2. The van der Waals surface area contributed by atoms with E-state index in [1.54, 1.807) is 19.3 Å². The number of nitrogens with one attached hydrogen (secondary N) is 1. The average Bonchev–Trinajstić information content (AvgIpc) is 1.91. The predicted molar refractivity (Wildman–Crippen MR) is 41.8 cm³/mol. The van der Waals surface area contributed by atoms with Crippen LogP contribution in [0.4, 0.5) is 0 Å². The highest BCUT2D eigenvalue weighted by molar-refractivity contribution is 5.72. The fourth-order valence-electron chi connectivity index (χ4n) is 0.408. The molecular formula is C7H12N2. The Morgan fingerprint density at radius 2 is 2.33 bits per heavy atom. The van der Waals surface area contributed by atoms with E-state index in [0.717, 1.165) is 5.70 Å². The van der Waals surface area contributed by atoms with Crippen LogP contribution >= 0.6 is 0 Å². The maximum Gasteiger partial charge on any atom is 0.0346 e. The molecule has 9 heavy (non-hydrogen) atoms. The lowest BCUT2D eigenvalue weighted by molar-refractivity contribution is 1.04. The van der Waals surface area contributed by atoms with Gasteiger partial charge in [0.2, 0.25) is 0 Å². The van der Waals surface area contributed by atoms with E-state index in [9.17, 15) is 0 Å². The molecule has 0 spiro atoms. The molecule has 2 heteroatoms. The molecule has 0 radical (unpaired) electrons. The van der Waals surface area contributed by atoms with E-state index in [4.69, 9.17) is 0 Å². The summed E-state index contributed by atoms with van der Waals surface area (Å²) in [5.41, 5.74) is 0.973. The van der Waals surface area contributed by atoms with E-state index in [1.807, 2.05) is 13.1 Å². The average molecular weight is 124 g/mol. The third-order valence-corrected chi connectivity index (χ3v) is 0.912. The van der Waals surface area contributed by atoms with Crippen LogP contribution in [0.15, 0.2) is 29.4 Å². The van der Waals surface area contributed by atoms with Crippen molar-refractivity contribution >= 4 is 6.21 Å². The zero-order chi connectivity index (χ0) is 7.11. The van der Waals surface area contributed by atoms with Gasteiger partial charge in [0.15, 0.2) is 0 Å². The predicted octanol–water partition coefficient (Wildman–Crippen LogP) is 0.976. The van der Waals surface area contributed by atoms with Gasteiger partial charge in [-0.25, -0.2) is 0 Å². The van der Waals surface area contributed by atoms with Gasteiger partial charge < -0.3 is 5.32 Å². The van der Waals surface area contributed by atoms with Crippen LogP contribution in [0.2, 0.25) is 0 Å². The monoisotopic (exact) mass is 124 g/mol. The summed E-state index contributed by atoms with van der Waals surface area (Å²) >= 11 is 0. The molecule has 0 aromatic rings. The summed E-state index contributed by atoms with van der Waals surface area (Å²) in [6, 6.07) is 0. The maximum atomic E-state index is 3.78. The van der Waals surface area contributed by atoms with Crippen LogP contribution in [0.3, 0.4) is 0 Å². The molecule has 0 fully saturated rings. The number of likely N-dealkylation sites (N-methyl/N-ethyl adjacent to an activating group) is 1. The van der Waals surface area contributed by atoms with Crippen LogP contribution < -0.4 is 5.32 Å². The molecule has 2 nitrogen and oxygen atoms in total. The smallest absolute Gasteiger partial charge is 0.0346 e. The number of rotatable bonds is 3. The summed E-state index contributed by atoms with van der Waals surface area (Å²) < 4.78 is 0. The Bertz CT molecular complexity index is 134. The Morgan fingerprint density at radius 1 is 1.67 bits per heavy atom. The van der Waals surface area contributed by atoms with E-state index in [2.05, 4.69) is 16.9 Å². The minimum Gasteiger partial charge on any atom is -0.388 e. The van der Waals surface area contributed by atoms with Crippen LogP contribution in [0.25, 0.3) is 0 Å². The van der Waals surface area contributed by atoms with Gasteiger partial charge in [0.1, 0.15) is 0 Å². The van der Waals surface area contributed by atoms with Gasteiger partial charge in [-0.1, -0.05) is 6.58 Å². The summed E-state index contributed by atoms with van der Waals surface area (Å²) in [5, 5.41) is 2.94. The summed E-state index contributed by atoms with van der Waals surface area (Å²) in [6.07, 6.45) is 5.31. The molecule has 50 valence electrons. The van der Waals surface area contributed by atoms with Crippen LogP contribution in [-0.4, -0.2) is 20.3 Å². The Hall–Kier alpha value is -1.05. The Labute approximate surface area is 56.0 Å². The summed E-state index contributed by atoms with van der Waals surface area (Å²) in [7, 11) is 3.57. The van der Waals surface area contributed by atoms with Crippen molar-refractivity contribution in [3.63, 3.8) is 0 Å². The number of hydrogen-bond donors (Lipinski definition) is 1. The van der Waals surface area contributed by atoms with Gasteiger partial charge in [0.05, 0.1) is 0 Å². The largest absolute Gasteiger partial charge is 0.388 e. The van der Waals surface area contributed by atoms with Gasteiger partial charge in [-0.3, -0.25) is 4.99 Å². The first-order valence-electron chi connectivity index (χ1n) is 2.77. The Morgan fingerprint density at radius 3 is 2.67 bits per heavy atom. The molecule has 0 aliphatic rings. The van der Waals surface area contributed by atoms with E-state index >= 15 is 0 Å². The lowest BCUT2D eigenvalue weighted by atomic mass is 10.4.